The number of rotatable bonds is 4. The molecule has 88 valence electrons. The van der Waals surface area contributed by atoms with E-state index in [2.05, 4.69) is 20.6 Å². The Morgan fingerprint density at radius 2 is 2.29 bits per heavy atom. The molecule has 17 heavy (non-hydrogen) atoms. The minimum Gasteiger partial charge on any atom is -0.370 e. The topological polar surface area (TPSA) is 66.9 Å². The van der Waals surface area contributed by atoms with Gasteiger partial charge < -0.3 is 5.32 Å². The normalized spacial score (nSPS) is 9.94. The van der Waals surface area contributed by atoms with E-state index in [9.17, 15) is 4.79 Å². The van der Waals surface area contributed by atoms with Gasteiger partial charge in [0, 0.05) is 24.3 Å². The molecule has 6 heteroatoms. The lowest BCUT2D eigenvalue weighted by Gasteiger charge is -2.08. The maximum Gasteiger partial charge on any atom is 0.261 e. The van der Waals surface area contributed by atoms with Gasteiger partial charge in [0.05, 0.1) is 5.56 Å². The fourth-order valence-electron chi connectivity index (χ4n) is 1.35. The minimum absolute atomic E-state index is 0.205. The van der Waals surface area contributed by atoms with Gasteiger partial charge in [-0.15, -0.1) is 11.3 Å². The first-order valence-electron chi connectivity index (χ1n) is 5.21. The number of aromatic nitrogens is 2. The molecule has 5 nitrogen and oxygen atoms in total. The number of carbonyl (C=O) groups excluding carboxylic acids is 1. The largest absolute Gasteiger partial charge is 0.370 e. The first-order chi connectivity index (χ1) is 8.31. The lowest BCUT2D eigenvalue weighted by atomic mass is 10.2. The molecule has 2 rings (SSSR count). The van der Waals surface area contributed by atoms with E-state index in [0.717, 1.165) is 0 Å². The molecule has 0 aromatic carbocycles. The van der Waals surface area contributed by atoms with Gasteiger partial charge in [0.15, 0.2) is 5.13 Å². The molecule has 2 N–H and O–H groups in total. The fraction of sp³-hybridized carbons (Fsp3) is 0.182. The predicted octanol–water partition coefficient (Wildman–Crippen LogP) is 2.22. The third-order valence-electron chi connectivity index (χ3n) is 2.05. The zero-order chi connectivity index (χ0) is 12.1. The van der Waals surface area contributed by atoms with Gasteiger partial charge in [-0.05, 0) is 19.1 Å². The molecule has 0 aliphatic rings. The highest BCUT2D eigenvalue weighted by Gasteiger charge is 2.12. The molecule has 0 radical (unpaired) electrons. The van der Waals surface area contributed by atoms with Crippen molar-refractivity contribution in [2.45, 2.75) is 6.92 Å². The smallest absolute Gasteiger partial charge is 0.261 e. The Morgan fingerprint density at radius 1 is 1.41 bits per heavy atom. The Labute approximate surface area is 103 Å². The molecule has 0 aliphatic carbocycles. The summed E-state index contributed by atoms with van der Waals surface area (Å²) in [6.45, 7) is 2.67. The van der Waals surface area contributed by atoms with Crippen LogP contribution in [0.15, 0.2) is 29.9 Å². The van der Waals surface area contributed by atoms with Crippen molar-refractivity contribution >= 4 is 28.2 Å². The lowest BCUT2D eigenvalue weighted by molar-refractivity contribution is 0.102. The SMILES string of the molecule is CCNc1ncccc1C(=O)Nc1nccs1. The number of nitrogens with one attached hydrogen (secondary N) is 2. The second-order valence-corrected chi connectivity index (χ2v) is 4.12. The summed E-state index contributed by atoms with van der Waals surface area (Å²) in [5.74, 6) is 0.382. The summed E-state index contributed by atoms with van der Waals surface area (Å²) in [6.07, 6.45) is 3.30. The summed E-state index contributed by atoms with van der Waals surface area (Å²) in [7, 11) is 0. The molecule has 2 aromatic heterocycles. The second kappa shape index (κ2) is 5.40. The molecule has 2 aromatic rings. The Kier molecular flexibility index (Phi) is 3.66. The van der Waals surface area contributed by atoms with Crippen molar-refractivity contribution in [2.24, 2.45) is 0 Å². The molecule has 0 fully saturated rings. The van der Waals surface area contributed by atoms with E-state index >= 15 is 0 Å². The summed E-state index contributed by atoms with van der Waals surface area (Å²) in [5, 5.41) is 8.17. The zero-order valence-electron chi connectivity index (χ0n) is 9.30. The van der Waals surface area contributed by atoms with Crippen LogP contribution < -0.4 is 10.6 Å². The van der Waals surface area contributed by atoms with E-state index in [-0.39, 0.29) is 5.91 Å². The molecule has 0 aliphatic heterocycles. The van der Waals surface area contributed by atoms with Gasteiger partial charge in [0.25, 0.3) is 5.91 Å². The number of hydrogen-bond donors (Lipinski definition) is 2. The van der Waals surface area contributed by atoms with Crippen LogP contribution in [-0.2, 0) is 0 Å². The van der Waals surface area contributed by atoms with Crippen LogP contribution >= 0.6 is 11.3 Å². The number of pyridine rings is 1. The molecule has 2 heterocycles. The number of carbonyl (C=O) groups is 1. The summed E-state index contributed by atoms with van der Waals surface area (Å²) < 4.78 is 0. The van der Waals surface area contributed by atoms with Crippen molar-refractivity contribution in [1.82, 2.24) is 9.97 Å². The molecule has 0 unspecified atom stereocenters. The van der Waals surface area contributed by atoms with Crippen LogP contribution in [0, 0.1) is 0 Å². The third-order valence-corrected chi connectivity index (χ3v) is 2.74. The van der Waals surface area contributed by atoms with Crippen molar-refractivity contribution in [3.05, 3.63) is 35.5 Å². The summed E-state index contributed by atoms with van der Waals surface area (Å²) in [4.78, 5) is 20.1. The van der Waals surface area contributed by atoms with E-state index < -0.39 is 0 Å². The maximum atomic E-state index is 12.0. The highest BCUT2D eigenvalue weighted by Crippen LogP contribution is 2.16. The van der Waals surface area contributed by atoms with Gasteiger partial charge in [-0.1, -0.05) is 0 Å². The van der Waals surface area contributed by atoms with Crippen molar-refractivity contribution in [2.75, 3.05) is 17.2 Å². The maximum absolute atomic E-state index is 12.0. The van der Waals surface area contributed by atoms with Crippen molar-refractivity contribution in [3.8, 4) is 0 Å². The third kappa shape index (κ3) is 2.79. The summed E-state index contributed by atoms with van der Waals surface area (Å²) in [6, 6.07) is 3.46. The minimum atomic E-state index is -0.205. The molecular formula is C11H12N4OS. The highest BCUT2D eigenvalue weighted by atomic mass is 32.1. The molecule has 0 spiro atoms. The van der Waals surface area contributed by atoms with Crippen LogP contribution in [-0.4, -0.2) is 22.4 Å². The van der Waals surface area contributed by atoms with Gasteiger partial charge in [-0.25, -0.2) is 9.97 Å². The summed E-state index contributed by atoms with van der Waals surface area (Å²) in [5.41, 5.74) is 0.518. The number of anilines is 2. The van der Waals surface area contributed by atoms with Gasteiger partial charge in [0.1, 0.15) is 5.82 Å². The van der Waals surface area contributed by atoms with Crippen LogP contribution in [0.3, 0.4) is 0 Å². The van der Waals surface area contributed by atoms with Crippen LogP contribution in [0.25, 0.3) is 0 Å². The standard InChI is InChI=1S/C11H12N4OS/c1-2-12-9-8(4-3-5-13-9)10(16)15-11-14-6-7-17-11/h3-7H,2H2,1H3,(H,12,13)(H,14,15,16). The molecule has 0 saturated heterocycles. The van der Waals surface area contributed by atoms with Crippen LogP contribution in [0.4, 0.5) is 10.9 Å². The van der Waals surface area contributed by atoms with Gasteiger partial charge in [0.2, 0.25) is 0 Å². The average molecular weight is 248 g/mol. The Balaban J connectivity index is 2.18. The average Bonchev–Trinajstić information content (AvgIpc) is 2.83. The fourth-order valence-corrected chi connectivity index (χ4v) is 1.87. The zero-order valence-corrected chi connectivity index (χ0v) is 10.1. The molecule has 1 amide bonds. The van der Waals surface area contributed by atoms with E-state index in [1.807, 2.05) is 12.3 Å². The van der Waals surface area contributed by atoms with E-state index in [4.69, 9.17) is 0 Å². The molecule has 0 saturated carbocycles. The second-order valence-electron chi connectivity index (χ2n) is 3.22. The number of thiazole rings is 1. The molecule has 0 bridgehead atoms. The first kappa shape index (κ1) is 11.5. The van der Waals surface area contributed by atoms with Gasteiger partial charge >= 0.3 is 0 Å². The number of amides is 1. The first-order valence-corrected chi connectivity index (χ1v) is 6.09. The lowest BCUT2D eigenvalue weighted by Crippen LogP contribution is -2.15. The van der Waals surface area contributed by atoms with Crippen molar-refractivity contribution in [1.29, 1.82) is 0 Å². The summed E-state index contributed by atoms with van der Waals surface area (Å²) >= 11 is 1.38. The molecular weight excluding hydrogens is 236 g/mol. The highest BCUT2D eigenvalue weighted by molar-refractivity contribution is 7.13. The Bertz CT molecular complexity index is 498. The molecule has 0 atom stereocenters. The van der Waals surface area contributed by atoms with E-state index in [1.165, 1.54) is 11.3 Å². The Hall–Kier alpha value is -1.95. The van der Waals surface area contributed by atoms with Crippen molar-refractivity contribution < 1.29 is 4.79 Å². The number of nitrogens with zero attached hydrogens (tertiary/aromatic N) is 2. The van der Waals surface area contributed by atoms with Crippen LogP contribution in [0.2, 0.25) is 0 Å². The van der Waals surface area contributed by atoms with E-state index in [1.54, 1.807) is 24.5 Å². The Morgan fingerprint density at radius 3 is 3.00 bits per heavy atom. The predicted molar refractivity (Wildman–Crippen MR) is 68.5 cm³/mol. The van der Waals surface area contributed by atoms with Crippen LogP contribution in [0.1, 0.15) is 17.3 Å². The van der Waals surface area contributed by atoms with Crippen molar-refractivity contribution in [3.63, 3.8) is 0 Å². The monoisotopic (exact) mass is 248 g/mol. The van der Waals surface area contributed by atoms with Gasteiger partial charge in [-0.3, -0.25) is 10.1 Å². The van der Waals surface area contributed by atoms with Crippen LogP contribution in [0.5, 0.6) is 0 Å². The number of hydrogen-bond acceptors (Lipinski definition) is 5. The van der Waals surface area contributed by atoms with Gasteiger partial charge in [-0.2, -0.15) is 0 Å². The quantitative estimate of drug-likeness (QED) is 0.870. The van der Waals surface area contributed by atoms with E-state index in [0.29, 0.717) is 23.1 Å².